The molecule has 0 rings (SSSR count). The van der Waals surface area contributed by atoms with Crippen LogP contribution in [-0.2, 0) is 14.3 Å². The molecule has 0 fully saturated rings. The fraction of sp³-hybridized carbons (Fsp3) is 0.692. The van der Waals surface area contributed by atoms with Crippen molar-refractivity contribution in [2.24, 2.45) is 0 Å². The van der Waals surface area contributed by atoms with Gasteiger partial charge in [-0.3, -0.25) is 0 Å². The first-order chi connectivity index (χ1) is 8.61. The van der Waals surface area contributed by atoms with Gasteiger partial charge in [0, 0.05) is 12.6 Å². The molecule has 19 heavy (non-hydrogen) atoms. The summed E-state index contributed by atoms with van der Waals surface area (Å²) in [5.41, 5.74) is -0.226. The number of carboxylic acid groups (broad SMARTS) is 1. The number of carboxylic acids is 1. The van der Waals surface area contributed by atoms with Gasteiger partial charge >= 0.3 is 57.4 Å². The quantitative estimate of drug-likeness (QED) is 0.213. The first kappa shape index (κ1) is 21.4. The molecule has 0 bridgehead atoms. The van der Waals surface area contributed by atoms with Gasteiger partial charge in [-0.25, -0.2) is 4.79 Å². The van der Waals surface area contributed by atoms with Gasteiger partial charge in [0.2, 0.25) is 0 Å². The Balaban J connectivity index is 0. The molecule has 0 aliphatic heterocycles. The minimum atomic E-state index is -1.40. The average molecular weight is 295 g/mol. The van der Waals surface area contributed by atoms with Crippen molar-refractivity contribution in [2.75, 3.05) is 13.7 Å². The molecule has 0 amide bonds. The molecule has 0 unspecified atom stereocenters. The van der Waals surface area contributed by atoms with Gasteiger partial charge in [0.25, 0.3) is 0 Å². The summed E-state index contributed by atoms with van der Waals surface area (Å²) in [4.78, 5) is 21.6. The first-order valence-electron chi connectivity index (χ1n) is 6.36. The Hall–Kier alpha value is 0.116. The molecule has 0 aliphatic carbocycles. The van der Waals surface area contributed by atoms with Crippen molar-refractivity contribution in [1.82, 2.24) is 5.32 Å². The summed E-state index contributed by atoms with van der Waals surface area (Å²) in [6, 6.07) is 0. The number of ether oxygens (including phenoxy) is 1. The Morgan fingerprint density at radius 3 is 2.26 bits per heavy atom. The van der Waals surface area contributed by atoms with Gasteiger partial charge in [-0.15, -0.1) is 0 Å². The van der Waals surface area contributed by atoms with E-state index < -0.39 is 11.9 Å². The fourth-order valence-corrected chi connectivity index (χ4v) is 1.49. The minimum absolute atomic E-state index is 0. The molecule has 0 aromatic heterocycles. The Labute approximate surface area is 157 Å². The molecule has 0 aliphatic rings. The van der Waals surface area contributed by atoms with Gasteiger partial charge in [0.15, 0.2) is 0 Å². The number of nitrogens with one attached hydrogen (secondary N) is 1. The van der Waals surface area contributed by atoms with Crippen LogP contribution in [-0.4, -0.2) is 25.6 Å². The molecule has 0 radical (unpaired) electrons. The summed E-state index contributed by atoms with van der Waals surface area (Å²) in [6.45, 7) is 2.67. The van der Waals surface area contributed by atoms with E-state index in [1.165, 1.54) is 26.4 Å². The van der Waals surface area contributed by atoms with Crippen LogP contribution >= 0.6 is 0 Å². The van der Waals surface area contributed by atoms with Gasteiger partial charge in [0.1, 0.15) is 0 Å². The first-order valence-corrected chi connectivity index (χ1v) is 6.36. The summed E-state index contributed by atoms with van der Waals surface area (Å²) in [5, 5.41) is 13.4. The van der Waals surface area contributed by atoms with Crippen LogP contribution in [0.15, 0.2) is 11.8 Å². The van der Waals surface area contributed by atoms with E-state index in [1.807, 2.05) is 0 Å². The van der Waals surface area contributed by atoms with E-state index in [-0.39, 0.29) is 57.1 Å². The van der Waals surface area contributed by atoms with E-state index in [1.54, 1.807) is 0 Å². The third kappa shape index (κ3) is 12.9. The number of carbonyl (C=O) groups is 2. The van der Waals surface area contributed by atoms with Crippen LogP contribution in [0.25, 0.3) is 0 Å². The van der Waals surface area contributed by atoms with Crippen LogP contribution in [0.4, 0.5) is 0 Å². The van der Waals surface area contributed by atoms with E-state index in [0.29, 0.717) is 6.54 Å². The number of rotatable bonds is 10. The van der Waals surface area contributed by atoms with Crippen molar-refractivity contribution >= 4 is 11.9 Å². The van der Waals surface area contributed by atoms with E-state index in [2.05, 4.69) is 17.0 Å². The zero-order valence-electron chi connectivity index (χ0n) is 12.2. The molecule has 6 heteroatoms. The zero-order chi connectivity index (χ0) is 13.8. The third-order valence-corrected chi connectivity index (χ3v) is 2.53. The zero-order valence-corrected chi connectivity index (χ0v) is 15.3. The summed E-state index contributed by atoms with van der Waals surface area (Å²) < 4.78 is 4.36. The number of carbonyl (C=O) groups excluding carboxylic acids is 2. The molecule has 0 spiro atoms. The van der Waals surface area contributed by atoms with Crippen molar-refractivity contribution in [3.63, 3.8) is 0 Å². The Morgan fingerprint density at radius 2 is 1.74 bits per heavy atom. The number of unbranched alkanes of at least 4 members (excludes halogenated alkanes) is 5. The maximum Gasteiger partial charge on any atom is 1.00 e. The molecule has 0 saturated carbocycles. The number of methoxy groups -OCH3 is 1. The van der Waals surface area contributed by atoms with Gasteiger partial charge in [-0.05, 0) is 6.42 Å². The van der Waals surface area contributed by atoms with Gasteiger partial charge < -0.3 is 20.0 Å². The molecule has 0 heterocycles. The van der Waals surface area contributed by atoms with Crippen LogP contribution in [0.1, 0.15) is 45.4 Å². The second-order valence-corrected chi connectivity index (χ2v) is 4.06. The normalized spacial score (nSPS) is 10.5. The van der Waals surface area contributed by atoms with Gasteiger partial charge in [0.05, 0.1) is 18.8 Å². The van der Waals surface area contributed by atoms with E-state index in [9.17, 15) is 14.7 Å². The van der Waals surface area contributed by atoms with Crippen LogP contribution in [0.5, 0.6) is 0 Å². The van der Waals surface area contributed by atoms with Crippen molar-refractivity contribution in [1.29, 1.82) is 0 Å². The smallest absolute Gasteiger partial charge is 0.543 e. The number of aliphatic carboxylic acids is 1. The second kappa shape index (κ2) is 14.5. The van der Waals surface area contributed by atoms with Gasteiger partial charge in [-0.2, -0.15) is 0 Å². The number of hydrogen-bond acceptors (Lipinski definition) is 5. The topological polar surface area (TPSA) is 78.5 Å². The van der Waals surface area contributed by atoms with Crippen molar-refractivity contribution in [2.45, 2.75) is 45.4 Å². The number of hydrogen-bond donors (Lipinski definition) is 1. The summed E-state index contributed by atoms with van der Waals surface area (Å²) in [5.74, 6) is -2.10. The van der Waals surface area contributed by atoms with E-state index in [4.69, 9.17) is 0 Å². The predicted octanol–water partition coefficient (Wildman–Crippen LogP) is -2.25. The average Bonchev–Trinajstić information content (AvgIpc) is 2.35. The molecule has 0 atom stereocenters. The second-order valence-electron chi connectivity index (χ2n) is 4.06. The summed E-state index contributed by atoms with van der Waals surface area (Å²) in [6.07, 6.45) is 7.61. The Bertz CT molecular complexity index is 292. The molecule has 1 N–H and O–H groups in total. The largest absolute Gasteiger partial charge is 1.00 e. The SMILES string of the molecule is CCCCCCCCN/C(=C/C(=O)OC)C(=O)[O-].[K+]. The Morgan fingerprint density at radius 1 is 1.16 bits per heavy atom. The molecule has 0 aromatic rings. The van der Waals surface area contributed by atoms with E-state index >= 15 is 0 Å². The molecule has 0 aromatic carbocycles. The van der Waals surface area contributed by atoms with Crippen molar-refractivity contribution in [3.8, 4) is 0 Å². The van der Waals surface area contributed by atoms with Crippen LogP contribution in [0.2, 0.25) is 0 Å². The maximum absolute atomic E-state index is 10.9. The van der Waals surface area contributed by atoms with E-state index in [0.717, 1.165) is 25.3 Å². The van der Waals surface area contributed by atoms with Crippen molar-refractivity contribution in [3.05, 3.63) is 11.8 Å². The fourth-order valence-electron chi connectivity index (χ4n) is 1.49. The Kier molecular flexibility index (Phi) is 16.4. The molecule has 104 valence electrons. The summed E-state index contributed by atoms with van der Waals surface area (Å²) in [7, 11) is 1.19. The van der Waals surface area contributed by atoms with Gasteiger partial charge in [-0.1, -0.05) is 39.0 Å². The molecule has 5 nitrogen and oxygen atoms in total. The molecular formula is C13H22KNO4. The standard InChI is InChI=1S/C13H23NO4.K/c1-3-4-5-6-7-8-9-14-11(13(16)17)10-12(15)18-2;/h10,14H,3-9H2,1-2H3,(H,16,17);/q;+1/p-1/b11-10+;. The maximum atomic E-state index is 10.9. The minimum Gasteiger partial charge on any atom is -0.543 e. The number of esters is 1. The van der Waals surface area contributed by atoms with Crippen molar-refractivity contribution < 1.29 is 70.8 Å². The molecule has 0 saturated heterocycles. The third-order valence-electron chi connectivity index (χ3n) is 2.53. The van der Waals surface area contributed by atoms with Crippen LogP contribution in [0.3, 0.4) is 0 Å². The predicted molar refractivity (Wildman–Crippen MR) is 66.5 cm³/mol. The van der Waals surface area contributed by atoms with Crippen LogP contribution < -0.4 is 61.8 Å². The van der Waals surface area contributed by atoms with Crippen LogP contribution in [0, 0.1) is 0 Å². The molecular weight excluding hydrogens is 273 g/mol. The summed E-state index contributed by atoms with van der Waals surface area (Å²) >= 11 is 0. The monoisotopic (exact) mass is 295 g/mol.